The number of nitrogens with zero attached hydrogens (tertiary/aromatic N) is 1. The number of rotatable bonds is 4. The van der Waals surface area contributed by atoms with E-state index in [1.54, 1.807) is 7.11 Å². The number of methoxy groups -OCH3 is 1. The third-order valence-corrected chi connectivity index (χ3v) is 7.66. The van der Waals surface area contributed by atoms with E-state index >= 15 is 0 Å². The standard InChI is InChI=1S/C10H13BrClNO3S2/c1-16-6-7-2-3-13(5-7)18(14,15)9-4-8(12)10(11)17-9/h4,7H,2-3,5-6H2,1H3. The van der Waals surface area contributed by atoms with Gasteiger partial charge in [0.05, 0.1) is 15.4 Å². The van der Waals surface area contributed by atoms with Gasteiger partial charge in [-0.2, -0.15) is 4.31 Å². The van der Waals surface area contributed by atoms with Gasteiger partial charge in [-0.3, -0.25) is 0 Å². The molecule has 1 atom stereocenters. The Labute approximate surface area is 124 Å². The second-order valence-electron chi connectivity index (χ2n) is 4.16. The first kappa shape index (κ1) is 14.7. The molecule has 0 radical (unpaired) electrons. The number of ether oxygens (including phenoxy) is 1. The molecule has 18 heavy (non-hydrogen) atoms. The van der Waals surface area contributed by atoms with E-state index in [4.69, 9.17) is 16.3 Å². The van der Waals surface area contributed by atoms with Gasteiger partial charge >= 0.3 is 0 Å². The van der Waals surface area contributed by atoms with Crippen molar-refractivity contribution in [3.8, 4) is 0 Å². The van der Waals surface area contributed by atoms with Crippen LogP contribution < -0.4 is 0 Å². The molecule has 1 aliphatic heterocycles. The summed E-state index contributed by atoms with van der Waals surface area (Å²) in [5, 5.41) is 0.436. The molecule has 1 fully saturated rings. The number of halogens is 2. The van der Waals surface area contributed by atoms with Gasteiger partial charge in [0.2, 0.25) is 0 Å². The minimum Gasteiger partial charge on any atom is -0.384 e. The minimum atomic E-state index is -3.41. The summed E-state index contributed by atoms with van der Waals surface area (Å²) in [5.41, 5.74) is 0. The zero-order valence-electron chi connectivity index (χ0n) is 9.73. The predicted octanol–water partition coefficient (Wildman–Crippen LogP) is 2.82. The zero-order chi connectivity index (χ0) is 13.3. The third kappa shape index (κ3) is 2.91. The van der Waals surface area contributed by atoms with E-state index in [1.165, 1.54) is 10.4 Å². The highest BCUT2D eigenvalue weighted by molar-refractivity contribution is 9.11. The van der Waals surface area contributed by atoms with Crippen molar-refractivity contribution >= 4 is 48.9 Å². The molecular formula is C10H13BrClNO3S2. The van der Waals surface area contributed by atoms with Crippen LogP contribution in [-0.2, 0) is 14.8 Å². The lowest BCUT2D eigenvalue weighted by Gasteiger charge is -2.14. The van der Waals surface area contributed by atoms with Crippen LogP contribution in [0.25, 0.3) is 0 Å². The molecule has 0 spiro atoms. The van der Waals surface area contributed by atoms with Crippen LogP contribution in [-0.4, -0.2) is 39.5 Å². The molecule has 102 valence electrons. The lowest BCUT2D eigenvalue weighted by molar-refractivity contribution is 0.157. The Morgan fingerprint density at radius 3 is 2.94 bits per heavy atom. The molecule has 2 rings (SSSR count). The van der Waals surface area contributed by atoms with E-state index in [0.29, 0.717) is 28.5 Å². The van der Waals surface area contributed by atoms with Crippen LogP contribution in [0.4, 0.5) is 0 Å². The van der Waals surface area contributed by atoms with Crippen molar-refractivity contribution in [2.24, 2.45) is 5.92 Å². The number of hydrogen-bond acceptors (Lipinski definition) is 4. The average molecular weight is 375 g/mol. The van der Waals surface area contributed by atoms with Crippen LogP contribution in [0.5, 0.6) is 0 Å². The molecule has 8 heteroatoms. The van der Waals surface area contributed by atoms with E-state index in [9.17, 15) is 8.42 Å². The highest BCUT2D eigenvalue weighted by Crippen LogP contribution is 2.37. The number of thiophene rings is 1. The third-order valence-electron chi connectivity index (χ3n) is 2.87. The monoisotopic (exact) mass is 373 g/mol. The second kappa shape index (κ2) is 5.76. The minimum absolute atomic E-state index is 0.281. The molecule has 1 aromatic heterocycles. The first-order valence-corrected chi connectivity index (χ1v) is 8.82. The molecule has 1 aromatic rings. The van der Waals surface area contributed by atoms with Crippen LogP contribution in [0.1, 0.15) is 6.42 Å². The summed E-state index contributed by atoms with van der Waals surface area (Å²) in [5.74, 6) is 0.281. The van der Waals surface area contributed by atoms with Crippen molar-refractivity contribution < 1.29 is 13.2 Å². The van der Waals surface area contributed by atoms with E-state index in [0.717, 1.165) is 17.8 Å². The number of sulfonamides is 1. The topological polar surface area (TPSA) is 46.6 Å². The SMILES string of the molecule is COCC1CCN(S(=O)(=O)c2cc(Cl)c(Br)s2)C1. The molecule has 0 bridgehead atoms. The fourth-order valence-electron chi connectivity index (χ4n) is 1.97. The van der Waals surface area contributed by atoms with Gasteiger partial charge in [-0.15, -0.1) is 11.3 Å². The van der Waals surface area contributed by atoms with Crippen molar-refractivity contribution in [1.29, 1.82) is 0 Å². The Kier molecular flexibility index (Phi) is 4.72. The molecule has 1 saturated heterocycles. The van der Waals surface area contributed by atoms with Gasteiger partial charge in [0.25, 0.3) is 10.0 Å². The molecule has 4 nitrogen and oxygen atoms in total. The smallest absolute Gasteiger partial charge is 0.252 e. The first-order valence-electron chi connectivity index (χ1n) is 5.39. The van der Waals surface area contributed by atoms with Gasteiger partial charge in [0, 0.05) is 20.2 Å². The Morgan fingerprint density at radius 1 is 1.67 bits per heavy atom. The van der Waals surface area contributed by atoms with Gasteiger partial charge in [0.15, 0.2) is 0 Å². The predicted molar refractivity (Wildman–Crippen MR) is 75.8 cm³/mol. The zero-order valence-corrected chi connectivity index (χ0v) is 13.7. The summed E-state index contributed by atoms with van der Waals surface area (Å²) in [6.45, 7) is 1.66. The van der Waals surface area contributed by atoms with Gasteiger partial charge in [-0.25, -0.2) is 8.42 Å². The molecule has 1 unspecified atom stereocenters. The Balaban J connectivity index is 2.17. The van der Waals surface area contributed by atoms with Gasteiger partial charge in [-0.05, 0) is 34.3 Å². The van der Waals surface area contributed by atoms with Crippen LogP contribution in [0, 0.1) is 5.92 Å². The van der Waals surface area contributed by atoms with Crippen LogP contribution in [0.2, 0.25) is 5.02 Å². The highest BCUT2D eigenvalue weighted by Gasteiger charge is 2.33. The lowest BCUT2D eigenvalue weighted by atomic mass is 10.1. The maximum Gasteiger partial charge on any atom is 0.252 e. The van der Waals surface area contributed by atoms with E-state index in [1.807, 2.05) is 0 Å². The highest BCUT2D eigenvalue weighted by atomic mass is 79.9. The van der Waals surface area contributed by atoms with Gasteiger partial charge in [0.1, 0.15) is 4.21 Å². The first-order chi connectivity index (χ1) is 8.45. The van der Waals surface area contributed by atoms with E-state index in [-0.39, 0.29) is 10.1 Å². The normalized spacial score (nSPS) is 21.6. The lowest BCUT2D eigenvalue weighted by Crippen LogP contribution is -2.28. The summed E-state index contributed by atoms with van der Waals surface area (Å²) >= 11 is 10.3. The van der Waals surface area contributed by atoms with Crippen LogP contribution >= 0.6 is 38.9 Å². The molecule has 0 N–H and O–H groups in total. The molecule has 0 amide bonds. The maximum atomic E-state index is 12.4. The fraction of sp³-hybridized carbons (Fsp3) is 0.600. The van der Waals surface area contributed by atoms with Crippen molar-refractivity contribution in [2.45, 2.75) is 10.6 Å². The molecule has 0 saturated carbocycles. The summed E-state index contributed by atoms with van der Waals surface area (Å²) in [7, 11) is -1.78. The largest absolute Gasteiger partial charge is 0.384 e. The molecule has 1 aliphatic rings. The van der Waals surface area contributed by atoms with Crippen LogP contribution in [0.15, 0.2) is 14.1 Å². The summed E-state index contributed by atoms with van der Waals surface area (Å²) < 4.78 is 32.2. The Morgan fingerprint density at radius 2 is 2.39 bits per heavy atom. The molecular weight excluding hydrogens is 362 g/mol. The molecule has 0 aromatic carbocycles. The maximum absolute atomic E-state index is 12.4. The van der Waals surface area contributed by atoms with Crippen molar-refractivity contribution in [3.05, 3.63) is 14.9 Å². The van der Waals surface area contributed by atoms with Crippen molar-refractivity contribution in [1.82, 2.24) is 4.31 Å². The van der Waals surface area contributed by atoms with Gasteiger partial charge in [-0.1, -0.05) is 11.6 Å². The molecule has 0 aliphatic carbocycles. The second-order valence-corrected chi connectivity index (χ2v) is 9.10. The average Bonchev–Trinajstić information content (AvgIpc) is 2.88. The quantitative estimate of drug-likeness (QED) is 0.814. The molecule has 2 heterocycles. The summed E-state index contributed by atoms with van der Waals surface area (Å²) in [4.78, 5) is 0. The fourth-order valence-corrected chi connectivity index (χ4v) is 6.05. The Bertz CT molecular complexity index is 512. The Hall–Kier alpha value is 0.340. The van der Waals surface area contributed by atoms with Crippen molar-refractivity contribution in [2.75, 3.05) is 26.8 Å². The summed E-state index contributed by atoms with van der Waals surface area (Å²) in [6.07, 6.45) is 0.841. The van der Waals surface area contributed by atoms with E-state index in [2.05, 4.69) is 15.9 Å². The van der Waals surface area contributed by atoms with Gasteiger partial charge < -0.3 is 4.74 Å². The van der Waals surface area contributed by atoms with Crippen LogP contribution in [0.3, 0.4) is 0 Å². The summed E-state index contributed by atoms with van der Waals surface area (Å²) in [6, 6.07) is 1.50. The van der Waals surface area contributed by atoms with E-state index < -0.39 is 10.0 Å². The number of hydrogen-bond donors (Lipinski definition) is 0. The van der Waals surface area contributed by atoms with Crippen molar-refractivity contribution in [3.63, 3.8) is 0 Å².